The van der Waals surface area contributed by atoms with Crippen molar-refractivity contribution in [3.8, 4) is 0 Å². The zero-order valence-corrected chi connectivity index (χ0v) is 27.0. The molecule has 2 atom stereocenters. The smallest absolute Gasteiger partial charge is 0.193 e. The Balaban J connectivity index is 1.15. The van der Waals surface area contributed by atoms with Gasteiger partial charge in [-0.2, -0.15) is 0 Å². The highest BCUT2D eigenvalue weighted by Gasteiger charge is 2.53. The van der Waals surface area contributed by atoms with E-state index in [-0.39, 0.29) is 28.7 Å². The van der Waals surface area contributed by atoms with Gasteiger partial charge in [0.2, 0.25) is 0 Å². The molecule has 2 saturated carbocycles. The molecular formula is C37H44FN7O. The second-order valence-corrected chi connectivity index (χ2v) is 14.4. The summed E-state index contributed by atoms with van der Waals surface area (Å²) in [5.41, 5.74) is 13.0. The normalized spacial score (nSPS) is 22.4. The first-order valence-corrected chi connectivity index (χ1v) is 17.0. The molecule has 3 aromatic heterocycles. The maximum atomic E-state index is 15.9. The van der Waals surface area contributed by atoms with Gasteiger partial charge in [0.25, 0.3) is 0 Å². The third kappa shape index (κ3) is 5.58. The van der Waals surface area contributed by atoms with Gasteiger partial charge in [-0.25, -0.2) is 4.39 Å². The topological polar surface area (TPSA) is 83.5 Å². The van der Waals surface area contributed by atoms with Crippen LogP contribution < -0.4 is 21.0 Å². The predicted molar refractivity (Wildman–Crippen MR) is 181 cm³/mol. The highest BCUT2D eigenvalue weighted by molar-refractivity contribution is 5.84. The number of aryl methyl sites for hydroxylation is 2. The lowest BCUT2D eigenvalue weighted by Crippen LogP contribution is -2.48. The highest BCUT2D eigenvalue weighted by Crippen LogP contribution is 2.53. The maximum absolute atomic E-state index is 15.9. The van der Waals surface area contributed by atoms with Crippen molar-refractivity contribution in [3.63, 3.8) is 0 Å². The van der Waals surface area contributed by atoms with E-state index in [0.29, 0.717) is 36.7 Å². The van der Waals surface area contributed by atoms with Gasteiger partial charge in [0.05, 0.1) is 23.1 Å². The first-order valence-electron chi connectivity index (χ1n) is 17.0. The first kappa shape index (κ1) is 29.6. The summed E-state index contributed by atoms with van der Waals surface area (Å²) in [4.78, 5) is 30.2. The van der Waals surface area contributed by atoms with Crippen LogP contribution in [-0.4, -0.2) is 57.7 Å². The molecule has 8 nitrogen and oxygen atoms in total. The SMILES string of the molecule is Cc1ccc(N2CCCC(N(Cc3ccnc(C)c3)Cc3cn(C4CC4)c4cc(N5CC(N)C6(CC6)C5)c(F)cc4c3=O)C2)cn1. The summed E-state index contributed by atoms with van der Waals surface area (Å²) < 4.78 is 18.1. The Morgan fingerprint density at radius 1 is 1.00 bits per heavy atom. The van der Waals surface area contributed by atoms with Crippen LogP contribution in [0.4, 0.5) is 15.8 Å². The minimum absolute atomic E-state index is 0.0690. The second-order valence-electron chi connectivity index (χ2n) is 14.4. The van der Waals surface area contributed by atoms with Gasteiger partial charge < -0.3 is 20.1 Å². The number of anilines is 2. The van der Waals surface area contributed by atoms with Crippen molar-refractivity contribution in [1.82, 2.24) is 19.4 Å². The molecule has 2 aliphatic heterocycles. The summed E-state index contributed by atoms with van der Waals surface area (Å²) >= 11 is 0. The Bertz CT molecular complexity index is 1830. The van der Waals surface area contributed by atoms with E-state index in [9.17, 15) is 4.79 Å². The standard InChI is InChI=1S/C37H44FN7O/c1-24-5-6-29(17-41-24)42-13-3-4-30(21-42)43(18-26-9-12-40-25(2)14-26)19-27-20-45(28-7-8-28)33-16-34(32(38)15-31(33)36(27)46)44-22-35(39)37(23-44)10-11-37/h5-6,9,12,14-17,20,28,30,35H,3-4,7-8,10-11,13,18-19,21-23,39H2,1-2H3. The van der Waals surface area contributed by atoms with Gasteiger partial charge in [0, 0.05) is 97.5 Å². The largest absolute Gasteiger partial charge is 0.369 e. The summed E-state index contributed by atoms with van der Waals surface area (Å²) in [6, 6.07) is 12.5. The number of rotatable bonds is 8. The van der Waals surface area contributed by atoms with Crippen LogP contribution >= 0.6 is 0 Å². The molecule has 46 heavy (non-hydrogen) atoms. The van der Waals surface area contributed by atoms with Crippen LogP contribution in [-0.2, 0) is 13.1 Å². The minimum atomic E-state index is -0.326. The van der Waals surface area contributed by atoms with E-state index >= 15 is 4.39 Å². The number of fused-ring (bicyclic) bond motifs is 1. The second kappa shape index (κ2) is 11.5. The van der Waals surface area contributed by atoms with E-state index in [4.69, 9.17) is 5.73 Å². The van der Waals surface area contributed by atoms with Gasteiger partial charge >= 0.3 is 0 Å². The van der Waals surface area contributed by atoms with E-state index < -0.39 is 0 Å². The monoisotopic (exact) mass is 621 g/mol. The summed E-state index contributed by atoms with van der Waals surface area (Å²) in [6.07, 6.45) is 12.4. The van der Waals surface area contributed by atoms with Crippen molar-refractivity contribution in [2.24, 2.45) is 11.1 Å². The highest BCUT2D eigenvalue weighted by atomic mass is 19.1. The molecule has 5 heterocycles. The molecule has 4 aromatic rings. The molecule has 2 unspecified atom stereocenters. The third-order valence-corrected chi connectivity index (χ3v) is 11.0. The number of aromatic nitrogens is 3. The first-order chi connectivity index (χ1) is 22.3. The van der Waals surface area contributed by atoms with E-state index in [1.165, 1.54) is 11.6 Å². The molecule has 9 heteroatoms. The molecule has 0 radical (unpaired) electrons. The van der Waals surface area contributed by atoms with Gasteiger partial charge in [0.15, 0.2) is 5.43 Å². The zero-order valence-electron chi connectivity index (χ0n) is 27.0. The van der Waals surface area contributed by atoms with Crippen LogP contribution in [0.3, 0.4) is 0 Å². The number of piperidine rings is 1. The number of hydrogen-bond acceptors (Lipinski definition) is 7. The summed E-state index contributed by atoms with van der Waals surface area (Å²) in [6.45, 7) is 8.53. The average molecular weight is 622 g/mol. The molecular weight excluding hydrogens is 577 g/mol. The van der Waals surface area contributed by atoms with Crippen molar-refractivity contribution in [2.75, 3.05) is 36.0 Å². The molecule has 1 aromatic carbocycles. The van der Waals surface area contributed by atoms with Crippen LogP contribution in [0.5, 0.6) is 0 Å². The van der Waals surface area contributed by atoms with Crippen molar-refractivity contribution in [1.29, 1.82) is 0 Å². The van der Waals surface area contributed by atoms with Gasteiger partial charge in [-0.15, -0.1) is 0 Å². The Kier molecular flexibility index (Phi) is 7.36. The number of hydrogen-bond donors (Lipinski definition) is 1. The zero-order chi connectivity index (χ0) is 31.6. The molecule has 4 aliphatic rings. The number of nitrogens with zero attached hydrogens (tertiary/aromatic N) is 6. The minimum Gasteiger partial charge on any atom is -0.369 e. The predicted octanol–water partition coefficient (Wildman–Crippen LogP) is 5.48. The van der Waals surface area contributed by atoms with Crippen LogP contribution in [0.15, 0.2) is 59.8 Å². The Hall–Kier alpha value is -3.82. The van der Waals surface area contributed by atoms with Crippen LogP contribution in [0.1, 0.15) is 67.1 Å². The van der Waals surface area contributed by atoms with Crippen LogP contribution in [0.25, 0.3) is 10.9 Å². The summed E-state index contributed by atoms with van der Waals surface area (Å²) in [7, 11) is 0. The lowest BCUT2D eigenvalue weighted by atomic mass is 10.0. The molecule has 1 spiro atoms. The number of halogens is 1. The Morgan fingerprint density at radius 2 is 1.85 bits per heavy atom. The van der Waals surface area contributed by atoms with E-state index in [0.717, 1.165) is 86.3 Å². The summed E-state index contributed by atoms with van der Waals surface area (Å²) in [5, 5.41) is 0.478. The third-order valence-electron chi connectivity index (χ3n) is 11.0. The number of nitrogens with two attached hydrogens (primary N) is 1. The van der Waals surface area contributed by atoms with Crippen molar-refractivity contribution >= 4 is 22.3 Å². The van der Waals surface area contributed by atoms with Crippen molar-refractivity contribution in [3.05, 3.63) is 93.5 Å². The fourth-order valence-electron chi connectivity index (χ4n) is 7.90. The molecule has 240 valence electrons. The van der Waals surface area contributed by atoms with Crippen LogP contribution in [0.2, 0.25) is 0 Å². The van der Waals surface area contributed by atoms with Gasteiger partial charge in [-0.1, -0.05) is 0 Å². The molecule has 2 N–H and O–H groups in total. The number of pyridine rings is 3. The lowest BCUT2D eigenvalue weighted by Gasteiger charge is -2.40. The fourth-order valence-corrected chi connectivity index (χ4v) is 7.90. The van der Waals surface area contributed by atoms with Gasteiger partial charge in [0.1, 0.15) is 5.82 Å². The van der Waals surface area contributed by atoms with Gasteiger partial charge in [-0.05, 0) is 94.3 Å². The number of benzene rings is 1. The maximum Gasteiger partial charge on any atom is 0.193 e. The Morgan fingerprint density at radius 3 is 2.57 bits per heavy atom. The van der Waals surface area contributed by atoms with E-state index in [1.54, 1.807) is 0 Å². The fraction of sp³-hybridized carbons (Fsp3) is 0.486. The molecule has 2 saturated heterocycles. The lowest BCUT2D eigenvalue weighted by molar-refractivity contribution is 0.158. The van der Waals surface area contributed by atoms with E-state index in [2.05, 4.69) is 59.7 Å². The van der Waals surface area contributed by atoms with E-state index in [1.807, 2.05) is 32.3 Å². The molecule has 4 fully saturated rings. The van der Waals surface area contributed by atoms with Crippen molar-refractivity contribution in [2.45, 2.75) is 83.6 Å². The van der Waals surface area contributed by atoms with Crippen LogP contribution in [0, 0.1) is 25.1 Å². The molecule has 0 bridgehead atoms. The molecule has 8 rings (SSSR count). The van der Waals surface area contributed by atoms with Crippen molar-refractivity contribution < 1.29 is 4.39 Å². The Labute approximate surface area is 270 Å². The quantitative estimate of drug-likeness (QED) is 0.279. The summed E-state index contributed by atoms with van der Waals surface area (Å²) in [5.74, 6) is -0.326. The van der Waals surface area contributed by atoms with Gasteiger partial charge in [-0.3, -0.25) is 19.7 Å². The molecule has 2 aliphatic carbocycles. The molecule has 0 amide bonds. The average Bonchev–Trinajstić information content (AvgIpc) is 3.98.